The van der Waals surface area contributed by atoms with Gasteiger partial charge in [-0.25, -0.2) is 0 Å². The van der Waals surface area contributed by atoms with E-state index in [1.165, 1.54) is 12.2 Å². The first-order chi connectivity index (χ1) is 6.70. The SMILES string of the molecule is CC(C)COCCNC1CCSC1C. The molecular weight excluding hydrogens is 194 g/mol. The summed E-state index contributed by atoms with van der Waals surface area (Å²) in [7, 11) is 0. The van der Waals surface area contributed by atoms with E-state index < -0.39 is 0 Å². The molecule has 84 valence electrons. The summed E-state index contributed by atoms with van der Waals surface area (Å²) in [6.07, 6.45) is 1.32. The number of hydrogen-bond donors (Lipinski definition) is 1. The molecule has 0 aromatic carbocycles. The van der Waals surface area contributed by atoms with Crippen LogP contribution >= 0.6 is 11.8 Å². The number of ether oxygens (including phenoxy) is 1. The van der Waals surface area contributed by atoms with Gasteiger partial charge in [-0.1, -0.05) is 20.8 Å². The van der Waals surface area contributed by atoms with Crippen LogP contribution in [0.5, 0.6) is 0 Å². The zero-order valence-electron chi connectivity index (χ0n) is 9.58. The topological polar surface area (TPSA) is 21.3 Å². The predicted octanol–water partition coefficient (Wildman–Crippen LogP) is 2.14. The van der Waals surface area contributed by atoms with Crippen molar-refractivity contribution in [3.05, 3.63) is 0 Å². The first-order valence-corrected chi connectivity index (χ1v) is 6.67. The molecule has 0 aromatic heterocycles. The van der Waals surface area contributed by atoms with E-state index in [9.17, 15) is 0 Å². The van der Waals surface area contributed by atoms with E-state index in [-0.39, 0.29) is 0 Å². The van der Waals surface area contributed by atoms with E-state index in [1.54, 1.807) is 0 Å². The van der Waals surface area contributed by atoms with Crippen LogP contribution in [0.2, 0.25) is 0 Å². The summed E-state index contributed by atoms with van der Waals surface area (Å²) in [6, 6.07) is 0.711. The molecule has 0 saturated carbocycles. The highest BCUT2D eigenvalue weighted by Crippen LogP contribution is 2.25. The summed E-state index contributed by atoms with van der Waals surface area (Å²) in [5, 5.41) is 4.34. The molecule has 0 aliphatic carbocycles. The quantitative estimate of drug-likeness (QED) is 0.689. The summed E-state index contributed by atoms with van der Waals surface area (Å²) >= 11 is 2.07. The minimum atomic E-state index is 0.649. The number of rotatable bonds is 6. The van der Waals surface area contributed by atoms with Gasteiger partial charge in [-0.3, -0.25) is 0 Å². The van der Waals surface area contributed by atoms with Gasteiger partial charge in [0.2, 0.25) is 0 Å². The Morgan fingerprint density at radius 2 is 2.29 bits per heavy atom. The minimum absolute atomic E-state index is 0.649. The van der Waals surface area contributed by atoms with E-state index in [4.69, 9.17) is 4.74 Å². The molecule has 2 nitrogen and oxygen atoms in total. The van der Waals surface area contributed by atoms with Crippen LogP contribution in [0, 0.1) is 5.92 Å². The average molecular weight is 217 g/mol. The molecule has 0 spiro atoms. The first-order valence-electron chi connectivity index (χ1n) is 5.63. The molecule has 1 fully saturated rings. The van der Waals surface area contributed by atoms with Gasteiger partial charge in [-0.2, -0.15) is 11.8 Å². The van der Waals surface area contributed by atoms with Gasteiger partial charge in [-0.15, -0.1) is 0 Å². The molecule has 2 unspecified atom stereocenters. The maximum Gasteiger partial charge on any atom is 0.0591 e. The molecule has 14 heavy (non-hydrogen) atoms. The fourth-order valence-corrected chi connectivity index (χ4v) is 2.86. The molecule has 1 rings (SSSR count). The second kappa shape index (κ2) is 6.70. The number of thioether (sulfide) groups is 1. The molecular formula is C11H23NOS. The third-order valence-corrected chi connectivity index (χ3v) is 3.81. The van der Waals surface area contributed by atoms with Crippen LogP contribution in [-0.2, 0) is 4.74 Å². The van der Waals surface area contributed by atoms with Crippen LogP contribution in [0.3, 0.4) is 0 Å². The number of hydrogen-bond acceptors (Lipinski definition) is 3. The van der Waals surface area contributed by atoms with Crippen LogP contribution in [0.25, 0.3) is 0 Å². The third kappa shape index (κ3) is 4.67. The van der Waals surface area contributed by atoms with Crippen molar-refractivity contribution in [2.75, 3.05) is 25.5 Å². The molecule has 1 heterocycles. The van der Waals surface area contributed by atoms with E-state index in [2.05, 4.69) is 37.8 Å². The average Bonchev–Trinajstić information content (AvgIpc) is 2.51. The van der Waals surface area contributed by atoms with E-state index >= 15 is 0 Å². The Labute approximate surface area is 92.2 Å². The molecule has 1 aliphatic rings. The van der Waals surface area contributed by atoms with Crippen molar-refractivity contribution in [2.24, 2.45) is 5.92 Å². The Morgan fingerprint density at radius 3 is 2.86 bits per heavy atom. The van der Waals surface area contributed by atoms with Gasteiger partial charge in [0.1, 0.15) is 0 Å². The molecule has 2 atom stereocenters. The summed E-state index contributed by atoms with van der Waals surface area (Å²) < 4.78 is 5.52. The van der Waals surface area contributed by atoms with Crippen molar-refractivity contribution < 1.29 is 4.74 Å². The van der Waals surface area contributed by atoms with Gasteiger partial charge >= 0.3 is 0 Å². The van der Waals surface area contributed by atoms with Crippen molar-refractivity contribution >= 4 is 11.8 Å². The Kier molecular flexibility index (Phi) is 5.90. The highest BCUT2D eigenvalue weighted by atomic mass is 32.2. The van der Waals surface area contributed by atoms with Crippen LogP contribution < -0.4 is 5.32 Å². The Hall–Kier alpha value is 0.270. The highest BCUT2D eigenvalue weighted by Gasteiger charge is 2.22. The van der Waals surface area contributed by atoms with Crippen LogP contribution in [0.15, 0.2) is 0 Å². The van der Waals surface area contributed by atoms with E-state index in [1.807, 2.05) is 0 Å². The van der Waals surface area contributed by atoms with Crippen LogP contribution in [-0.4, -0.2) is 36.8 Å². The lowest BCUT2D eigenvalue weighted by molar-refractivity contribution is 0.110. The second-order valence-electron chi connectivity index (χ2n) is 4.39. The van der Waals surface area contributed by atoms with E-state index in [0.29, 0.717) is 12.0 Å². The summed E-state index contributed by atoms with van der Waals surface area (Å²) in [4.78, 5) is 0. The van der Waals surface area contributed by atoms with E-state index in [0.717, 1.165) is 25.0 Å². The monoisotopic (exact) mass is 217 g/mol. The van der Waals surface area contributed by atoms with Crippen molar-refractivity contribution in [3.63, 3.8) is 0 Å². The second-order valence-corrected chi connectivity index (χ2v) is 5.88. The molecule has 0 radical (unpaired) electrons. The lowest BCUT2D eigenvalue weighted by Crippen LogP contribution is -2.35. The molecule has 0 bridgehead atoms. The maximum absolute atomic E-state index is 5.52. The van der Waals surface area contributed by atoms with Crippen molar-refractivity contribution in [3.8, 4) is 0 Å². The fourth-order valence-electron chi connectivity index (χ4n) is 1.64. The van der Waals surface area contributed by atoms with Crippen molar-refractivity contribution in [1.82, 2.24) is 5.32 Å². The Balaban J connectivity index is 1.93. The molecule has 1 saturated heterocycles. The smallest absolute Gasteiger partial charge is 0.0591 e. The zero-order chi connectivity index (χ0) is 10.4. The van der Waals surface area contributed by atoms with Crippen LogP contribution in [0.1, 0.15) is 27.2 Å². The number of nitrogens with one attached hydrogen (secondary N) is 1. The lowest BCUT2D eigenvalue weighted by atomic mass is 10.2. The highest BCUT2D eigenvalue weighted by molar-refractivity contribution is 8.00. The predicted molar refractivity (Wildman–Crippen MR) is 64.0 cm³/mol. The molecule has 0 aromatic rings. The van der Waals surface area contributed by atoms with Crippen molar-refractivity contribution in [1.29, 1.82) is 0 Å². The van der Waals surface area contributed by atoms with Gasteiger partial charge in [0.05, 0.1) is 6.61 Å². The fraction of sp³-hybridized carbons (Fsp3) is 1.00. The largest absolute Gasteiger partial charge is 0.380 e. The third-order valence-electron chi connectivity index (χ3n) is 2.48. The first kappa shape index (κ1) is 12.3. The van der Waals surface area contributed by atoms with Gasteiger partial charge in [0.25, 0.3) is 0 Å². The standard InChI is InChI=1S/C11H23NOS/c1-9(2)8-13-6-5-12-11-4-7-14-10(11)3/h9-12H,4-8H2,1-3H3. The Bertz CT molecular complexity index is 152. The summed E-state index contributed by atoms with van der Waals surface area (Å²) in [6.45, 7) is 9.42. The van der Waals surface area contributed by atoms with Crippen LogP contribution in [0.4, 0.5) is 0 Å². The molecule has 0 amide bonds. The maximum atomic E-state index is 5.52. The molecule has 1 N–H and O–H groups in total. The minimum Gasteiger partial charge on any atom is -0.380 e. The van der Waals surface area contributed by atoms with Gasteiger partial charge in [0, 0.05) is 24.4 Å². The van der Waals surface area contributed by atoms with Gasteiger partial charge in [-0.05, 0) is 18.1 Å². The normalized spacial score (nSPS) is 27.4. The van der Waals surface area contributed by atoms with Gasteiger partial charge in [0.15, 0.2) is 0 Å². The van der Waals surface area contributed by atoms with Crippen molar-refractivity contribution in [2.45, 2.75) is 38.5 Å². The Morgan fingerprint density at radius 1 is 1.50 bits per heavy atom. The molecule has 1 aliphatic heterocycles. The molecule has 3 heteroatoms. The van der Waals surface area contributed by atoms with Gasteiger partial charge < -0.3 is 10.1 Å². The lowest BCUT2D eigenvalue weighted by Gasteiger charge is -2.16. The zero-order valence-corrected chi connectivity index (χ0v) is 10.4. The summed E-state index contributed by atoms with van der Waals surface area (Å²) in [5.41, 5.74) is 0. The summed E-state index contributed by atoms with van der Waals surface area (Å²) in [5.74, 6) is 1.96.